The maximum atomic E-state index is 14.2. The SMILES string of the molecule is CC(C)(C)c1nc(-c2cccc(NS(=O)(=O)c3c(F)cccc3F)c2Cl)c(-c2ccnc(Cl)n2)s1. The lowest BCUT2D eigenvalue weighted by molar-refractivity contribution is 0.521. The zero-order valence-electron chi connectivity index (χ0n) is 18.6. The number of nitrogens with one attached hydrogen (secondary N) is 1. The molecule has 0 fully saturated rings. The van der Waals surface area contributed by atoms with Gasteiger partial charge in [-0.05, 0) is 35.9 Å². The monoisotopic (exact) mass is 554 g/mol. The number of hydrogen-bond acceptors (Lipinski definition) is 6. The summed E-state index contributed by atoms with van der Waals surface area (Å²) in [4.78, 5) is 12.5. The van der Waals surface area contributed by atoms with Crippen molar-refractivity contribution >= 4 is 50.2 Å². The summed E-state index contributed by atoms with van der Waals surface area (Å²) >= 11 is 14.0. The summed E-state index contributed by atoms with van der Waals surface area (Å²) in [7, 11) is -4.62. The van der Waals surface area contributed by atoms with E-state index in [-0.39, 0.29) is 21.4 Å². The zero-order chi connectivity index (χ0) is 25.5. The standard InChI is InChI=1S/C23H18Cl2F2N4O2S2/c1-23(2,3)21-30-18(19(34-21)16-10-11-28-22(25)29-16)12-6-4-9-15(17(12)24)31-35(32,33)20-13(26)7-5-8-14(20)27/h4-11,31H,1-3H3. The van der Waals surface area contributed by atoms with Crippen molar-refractivity contribution in [1.82, 2.24) is 15.0 Å². The van der Waals surface area contributed by atoms with E-state index in [1.807, 2.05) is 20.8 Å². The van der Waals surface area contributed by atoms with Crippen molar-refractivity contribution in [3.63, 3.8) is 0 Å². The van der Waals surface area contributed by atoms with Crippen molar-refractivity contribution in [2.24, 2.45) is 0 Å². The zero-order valence-corrected chi connectivity index (χ0v) is 21.8. The quantitative estimate of drug-likeness (QED) is 0.270. The van der Waals surface area contributed by atoms with Crippen molar-refractivity contribution < 1.29 is 17.2 Å². The molecule has 0 unspecified atom stereocenters. The van der Waals surface area contributed by atoms with Crippen LogP contribution in [0.4, 0.5) is 14.5 Å². The van der Waals surface area contributed by atoms with Crippen LogP contribution in [0.25, 0.3) is 21.8 Å². The van der Waals surface area contributed by atoms with E-state index in [0.29, 0.717) is 21.8 Å². The molecule has 0 spiro atoms. The predicted molar refractivity (Wildman–Crippen MR) is 134 cm³/mol. The van der Waals surface area contributed by atoms with Crippen LogP contribution in [0, 0.1) is 11.6 Å². The molecule has 0 amide bonds. The third-order valence-electron chi connectivity index (χ3n) is 4.81. The first-order valence-corrected chi connectivity index (χ1v) is 13.2. The highest BCUT2D eigenvalue weighted by atomic mass is 35.5. The molecule has 0 saturated heterocycles. The van der Waals surface area contributed by atoms with Gasteiger partial charge in [0, 0.05) is 17.2 Å². The predicted octanol–water partition coefficient (Wildman–Crippen LogP) is 6.95. The fraction of sp³-hybridized carbons (Fsp3) is 0.174. The second kappa shape index (κ2) is 9.42. The molecule has 2 aromatic carbocycles. The van der Waals surface area contributed by atoms with Gasteiger partial charge in [-0.2, -0.15) is 0 Å². The lowest BCUT2D eigenvalue weighted by Crippen LogP contribution is -2.16. The first kappa shape index (κ1) is 25.4. The third kappa shape index (κ3) is 5.16. The maximum Gasteiger partial charge on any atom is 0.267 e. The van der Waals surface area contributed by atoms with Crippen molar-refractivity contribution in [3.8, 4) is 21.8 Å². The van der Waals surface area contributed by atoms with Crippen molar-refractivity contribution in [2.45, 2.75) is 31.1 Å². The van der Waals surface area contributed by atoms with E-state index in [0.717, 1.165) is 23.2 Å². The van der Waals surface area contributed by atoms with Crippen molar-refractivity contribution in [3.05, 3.63) is 75.6 Å². The van der Waals surface area contributed by atoms with E-state index in [1.54, 1.807) is 18.2 Å². The Morgan fingerprint density at radius 3 is 2.26 bits per heavy atom. The van der Waals surface area contributed by atoms with E-state index < -0.39 is 26.6 Å². The number of halogens is 4. The first-order chi connectivity index (χ1) is 16.4. The Bertz CT molecular complexity index is 1520. The van der Waals surface area contributed by atoms with Crippen LogP contribution < -0.4 is 4.72 Å². The number of hydrogen-bond donors (Lipinski definition) is 1. The van der Waals surface area contributed by atoms with Crippen LogP contribution in [0.3, 0.4) is 0 Å². The number of anilines is 1. The summed E-state index contributed by atoms with van der Waals surface area (Å²) in [5.41, 5.74) is 1.00. The van der Waals surface area contributed by atoms with Gasteiger partial charge in [0.1, 0.15) is 11.6 Å². The summed E-state index contributed by atoms with van der Waals surface area (Å²) in [6.07, 6.45) is 1.51. The first-order valence-electron chi connectivity index (χ1n) is 10.1. The molecule has 0 saturated carbocycles. The Kier molecular flexibility index (Phi) is 6.85. The molecule has 4 rings (SSSR count). The Labute approximate surface area is 215 Å². The van der Waals surface area contributed by atoms with Gasteiger partial charge in [0.15, 0.2) is 4.90 Å². The van der Waals surface area contributed by atoms with Crippen LogP contribution in [-0.2, 0) is 15.4 Å². The average Bonchev–Trinajstić information content (AvgIpc) is 3.21. The van der Waals surface area contributed by atoms with Crippen LogP contribution >= 0.6 is 34.5 Å². The molecular formula is C23H18Cl2F2N4O2S2. The molecule has 12 heteroatoms. The highest BCUT2D eigenvalue weighted by Crippen LogP contribution is 2.44. The Morgan fingerprint density at radius 2 is 1.63 bits per heavy atom. The molecule has 0 atom stereocenters. The molecule has 0 aliphatic heterocycles. The molecule has 0 aliphatic carbocycles. The molecule has 0 bridgehead atoms. The second-order valence-electron chi connectivity index (χ2n) is 8.48. The van der Waals surface area contributed by atoms with Gasteiger partial charge < -0.3 is 0 Å². The van der Waals surface area contributed by atoms with Crippen LogP contribution in [0.15, 0.2) is 53.6 Å². The average molecular weight is 555 g/mol. The summed E-state index contributed by atoms with van der Waals surface area (Å²) in [6.45, 7) is 6.00. The number of rotatable bonds is 5. The van der Waals surface area contributed by atoms with Crippen LogP contribution in [0.5, 0.6) is 0 Å². The largest absolute Gasteiger partial charge is 0.278 e. The van der Waals surface area contributed by atoms with E-state index in [2.05, 4.69) is 14.7 Å². The Hall–Kier alpha value is -2.66. The smallest absolute Gasteiger partial charge is 0.267 e. The number of thiazole rings is 1. The topological polar surface area (TPSA) is 84.8 Å². The van der Waals surface area contributed by atoms with Gasteiger partial charge in [-0.25, -0.2) is 32.2 Å². The van der Waals surface area contributed by atoms with E-state index >= 15 is 0 Å². The third-order valence-corrected chi connectivity index (χ3v) is 8.32. The number of sulfonamides is 1. The van der Waals surface area contributed by atoms with Gasteiger partial charge in [0.2, 0.25) is 5.28 Å². The van der Waals surface area contributed by atoms with Crippen LogP contribution in [0.2, 0.25) is 10.3 Å². The summed E-state index contributed by atoms with van der Waals surface area (Å²) in [5.74, 6) is -2.44. The fourth-order valence-corrected chi connectivity index (χ4v) is 5.97. The summed E-state index contributed by atoms with van der Waals surface area (Å²) in [6, 6.07) is 9.09. The lowest BCUT2D eigenvalue weighted by Gasteiger charge is -2.14. The van der Waals surface area contributed by atoms with E-state index in [1.165, 1.54) is 23.6 Å². The van der Waals surface area contributed by atoms with E-state index in [9.17, 15) is 17.2 Å². The van der Waals surface area contributed by atoms with Gasteiger partial charge in [-0.3, -0.25) is 4.72 Å². The van der Waals surface area contributed by atoms with Gasteiger partial charge in [-0.1, -0.05) is 50.6 Å². The normalized spacial score (nSPS) is 12.1. The van der Waals surface area contributed by atoms with E-state index in [4.69, 9.17) is 28.2 Å². The minimum atomic E-state index is -4.62. The summed E-state index contributed by atoms with van der Waals surface area (Å²) in [5, 5.41) is 0.839. The molecule has 4 aromatic rings. The highest BCUT2D eigenvalue weighted by molar-refractivity contribution is 7.92. The molecular weight excluding hydrogens is 537 g/mol. The molecule has 182 valence electrons. The van der Waals surface area contributed by atoms with Gasteiger partial charge in [0.25, 0.3) is 10.0 Å². The lowest BCUT2D eigenvalue weighted by atomic mass is 9.98. The van der Waals surface area contributed by atoms with Crippen LogP contribution in [-0.4, -0.2) is 23.4 Å². The Morgan fingerprint density at radius 1 is 0.971 bits per heavy atom. The van der Waals surface area contributed by atoms with Crippen molar-refractivity contribution in [2.75, 3.05) is 4.72 Å². The molecule has 1 N–H and O–H groups in total. The van der Waals surface area contributed by atoms with Gasteiger partial charge in [-0.15, -0.1) is 11.3 Å². The van der Waals surface area contributed by atoms with Gasteiger partial charge >= 0.3 is 0 Å². The number of aromatic nitrogens is 3. The Balaban J connectivity index is 1.85. The molecule has 2 heterocycles. The van der Waals surface area contributed by atoms with Crippen LogP contribution in [0.1, 0.15) is 25.8 Å². The number of nitrogens with zero attached hydrogens (tertiary/aromatic N) is 3. The molecule has 2 aromatic heterocycles. The minimum Gasteiger partial charge on any atom is -0.278 e. The molecule has 0 radical (unpaired) electrons. The molecule has 0 aliphatic rings. The summed E-state index contributed by atoms with van der Waals surface area (Å²) < 4.78 is 56.1. The second-order valence-corrected chi connectivity index (χ2v) is 11.8. The maximum absolute atomic E-state index is 14.2. The fourth-order valence-electron chi connectivity index (χ4n) is 3.19. The molecule has 6 nitrogen and oxygen atoms in total. The minimum absolute atomic E-state index is 0.0000142. The highest BCUT2D eigenvalue weighted by Gasteiger charge is 2.28. The molecule has 35 heavy (non-hydrogen) atoms. The number of benzene rings is 2. The van der Waals surface area contributed by atoms with Gasteiger partial charge in [0.05, 0.1) is 32.0 Å². The van der Waals surface area contributed by atoms with Crippen molar-refractivity contribution in [1.29, 1.82) is 0 Å².